The van der Waals surface area contributed by atoms with Gasteiger partial charge >= 0.3 is 6.09 Å². The molecule has 7 nitrogen and oxygen atoms in total. The quantitative estimate of drug-likeness (QED) is 0.469. The summed E-state index contributed by atoms with van der Waals surface area (Å²) < 4.78 is 5.47. The normalized spacial score (nSPS) is 44.2. The maximum absolute atomic E-state index is 10.8. The average molecular weight is 275 g/mol. The van der Waals surface area contributed by atoms with Gasteiger partial charge in [0.2, 0.25) is 0 Å². The van der Waals surface area contributed by atoms with Gasteiger partial charge in [-0.2, -0.15) is 0 Å². The number of carbonyl (C=O) groups is 1. The molecule has 7 heteroatoms. The van der Waals surface area contributed by atoms with E-state index in [9.17, 15) is 20.1 Å². The topological polar surface area (TPSA) is 119 Å². The number of amides is 1. The number of ether oxygens (including phenoxy) is 1. The van der Waals surface area contributed by atoms with Crippen LogP contribution in [0.5, 0.6) is 0 Å². The fourth-order valence-electron chi connectivity index (χ4n) is 3.17. The van der Waals surface area contributed by atoms with Crippen LogP contribution in [0.4, 0.5) is 4.79 Å². The van der Waals surface area contributed by atoms with E-state index in [1.165, 1.54) is 0 Å². The van der Waals surface area contributed by atoms with Gasteiger partial charge in [-0.1, -0.05) is 12.8 Å². The zero-order valence-electron chi connectivity index (χ0n) is 10.8. The van der Waals surface area contributed by atoms with Gasteiger partial charge in [0.05, 0.1) is 6.10 Å². The van der Waals surface area contributed by atoms with E-state index in [0.717, 1.165) is 12.8 Å². The van der Waals surface area contributed by atoms with Crippen LogP contribution in [0.1, 0.15) is 32.6 Å². The van der Waals surface area contributed by atoms with Gasteiger partial charge in [-0.05, 0) is 19.8 Å². The number of aliphatic hydroxyl groups excluding tert-OH is 2. The summed E-state index contributed by atoms with van der Waals surface area (Å²) in [6.45, 7) is 1.55. The first-order valence-electron chi connectivity index (χ1n) is 6.62. The van der Waals surface area contributed by atoms with Gasteiger partial charge in [0.25, 0.3) is 0 Å². The van der Waals surface area contributed by atoms with Gasteiger partial charge in [-0.15, -0.1) is 0 Å². The van der Waals surface area contributed by atoms with Gasteiger partial charge in [0, 0.05) is 5.92 Å². The monoisotopic (exact) mass is 275 g/mol. The van der Waals surface area contributed by atoms with Crippen LogP contribution in [0.25, 0.3) is 0 Å². The number of nitrogens with one attached hydrogen (secondary N) is 1. The van der Waals surface area contributed by atoms with E-state index in [1.807, 2.05) is 0 Å². The van der Waals surface area contributed by atoms with E-state index >= 15 is 0 Å². The highest BCUT2D eigenvalue weighted by molar-refractivity contribution is 5.65. The van der Waals surface area contributed by atoms with E-state index < -0.39 is 36.2 Å². The Kier molecular flexibility index (Phi) is 4.00. The molecule has 0 aromatic carbocycles. The molecule has 1 saturated carbocycles. The number of aliphatic hydroxyl groups is 3. The first-order valence-corrected chi connectivity index (χ1v) is 6.62. The Morgan fingerprint density at radius 1 is 1.26 bits per heavy atom. The molecular weight excluding hydrogens is 254 g/mol. The van der Waals surface area contributed by atoms with Crippen molar-refractivity contribution < 1.29 is 30.0 Å². The molecule has 2 fully saturated rings. The molecular formula is C12H21NO6. The minimum Gasteiger partial charge on any atom is -0.465 e. The van der Waals surface area contributed by atoms with Crippen molar-refractivity contribution in [2.75, 3.05) is 0 Å². The summed E-state index contributed by atoms with van der Waals surface area (Å²) in [6.07, 6.45) is -1.47. The zero-order valence-corrected chi connectivity index (χ0v) is 10.8. The largest absolute Gasteiger partial charge is 0.465 e. The van der Waals surface area contributed by atoms with Crippen LogP contribution in [0, 0.1) is 5.92 Å². The third kappa shape index (κ3) is 2.55. The highest BCUT2D eigenvalue weighted by Gasteiger charge is 2.56. The van der Waals surface area contributed by atoms with E-state index in [-0.39, 0.29) is 5.92 Å². The predicted octanol–water partition coefficient (Wildman–Crippen LogP) is -0.358. The van der Waals surface area contributed by atoms with E-state index in [4.69, 9.17) is 9.84 Å². The molecule has 1 heterocycles. The minimum absolute atomic E-state index is 0.242. The molecule has 5 atom stereocenters. The summed E-state index contributed by atoms with van der Waals surface area (Å²) in [5.41, 5.74) is 0. The highest BCUT2D eigenvalue weighted by Crippen LogP contribution is 2.41. The van der Waals surface area contributed by atoms with E-state index in [0.29, 0.717) is 12.8 Å². The number of hydrogen-bond donors (Lipinski definition) is 5. The molecule has 5 N–H and O–H groups in total. The Bertz CT molecular complexity index is 345. The Morgan fingerprint density at radius 2 is 1.84 bits per heavy atom. The maximum Gasteiger partial charge on any atom is 0.405 e. The van der Waals surface area contributed by atoms with Crippen molar-refractivity contribution >= 4 is 6.09 Å². The molecule has 2 rings (SSSR count). The second-order valence-corrected chi connectivity index (χ2v) is 5.46. The molecule has 0 unspecified atom stereocenters. The number of rotatable bonds is 2. The lowest BCUT2D eigenvalue weighted by atomic mass is 9.82. The molecule has 1 amide bonds. The lowest BCUT2D eigenvalue weighted by Gasteiger charge is -2.49. The van der Waals surface area contributed by atoms with Crippen molar-refractivity contribution in [3.05, 3.63) is 0 Å². The summed E-state index contributed by atoms with van der Waals surface area (Å²) >= 11 is 0. The van der Waals surface area contributed by atoms with Crippen molar-refractivity contribution in [3.8, 4) is 0 Å². The fourth-order valence-corrected chi connectivity index (χ4v) is 3.17. The summed E-state index contributed by atoms with van der Waals surface area (Å²) in [4.78, 5) is 10.8. The molecule has 1 aliphatic carbocycles. The van der Waals surface area contributed by atoms with Crippen molar-refractivity contribution in [3.63, 3.8) is 0 Å². The average Bonchev–Trinajstić information content (AvgIpc) is 2.86. The first-order chi connectivity index (χ1) is 8.86. The molecule has 0 spiro atoms. The molecule has 0 aromatic rings. The molecule has 1 aliphatic heterocycles. The lowest BCUT2D eigenvalue weighted by Crippen LogP contribution is -2.71. The summed E-state index contributed by atoms with van der Waals surface area (Å²) in [7, 11) is 0. The molecule has 19 heavy (non-hydrogen) atoms. The van der Waals surface area contributed by atoms with E-state index in [1.54, 1.807) is 6.92 Å². The van der Waals surface area contributed by atoms with Gasteiger partial charge in [0.1, 0.15) is 18.2 Å². The van der Waals surface area contributed by atoms with Crippen LogP contribution in [0.15, 0.2) is 0 Å². The second-order valence-electron chi connectivity index (χ2n) is 5.46. The first kappa shape index (κ1) is 14.5. The number of hydrogen-bond acceptors (Lipinski definition) is 5. The molecule has 0 bridgehead atoms. The van der Waals surface area contributed by atoms with Gasteiger partial charge in [-0.3, -0.25) is 0 Å². The lowest BCUT2D eigenvalue weighted by molar-refractivity contribution is -0.330. The van der Waals surface area contributed by atoms with Crippen LogP contribution in [0.3, 0.4) is 0 Å². The third-order valence-electron chi connectivity index (χ3n) is 4.21. The van der Waals surface area contributed by atoms with Crippen molar-refractivity contribution in [2.24, 2.45) is 5.92 Å². The summed E-state index contributed by atoms with van der Waals surface area (Å²) in [5.74, 6) is -2.01. The summed E-state index contributed by atoms with van der Waals surface area (Å²) in [6, 6.07) is -1.25. The Balaban J connectivity index is 2.27. The van der Waals surface area contributed by atoms with Crippen LogP contribution < -0.4 is 5.32 Å². The van der Waals surface area contributed by atoms with Crippen molar-refractivity contribution in [2.45, 2.75) is 62.7 Å². The molecule has 0 radical (unpaired) electrons. The summed E-state index contributed by atoms with van der Waals surface area (Å²) in [5, 5.41) is 41.5. The molecule has 110 valence electrons. The van der Waals surface area contributed by atoms with Crippen molar-refractivity contribution in [1.82, 2.24) is 5.32 Å². The zero-order chi connectivity index (χ0) is 14.2. The van der Waals surface area contributed by atoms with Crippen LogP contribution in [-0.4, -0.2) is 56.7 Å². The Labute approximate surface area is 111 Å². The van der Waals surface area contributed by atoms with Gasteiger partial charge in [-0.25, -0.2) is 4.79 Å². The smallest absolute Gasteiger partial charge is 0.405 e. The van der Waals surface area contributed by atoms with Crippen molar-refractivity contribution in [1.29, 1.82) is 0 Å². The Morgan fingerprint density at radius 3 is 2.37 bits per heavy atom. The third-order valence-corrected chi connectivity index (χ3v) is 4.21. The van der Waals surface area contributed by atoms with Gasteiger partial charge < -0.3 is 30.5 Å². The standard InChI is InChI=1S/C12H21NO6/c1-6-8(14)9(15)10(13-11(16)17)12(18,19-6)7-4-2-3-5-7/h6-10,13-15,18H,2-5H2,1H3,(H,16,17)/t6-,8-,9-,10+,12-/m0/s1. The minimum atomic E-state index is -1.77. The van der Waals surface area contributed by atoms with Crippen LogP contribution >= 0.6 is 0 Å². The fraction of sp³-hybridized carbons (Fsp3) is 0.917. The molecule has 0 aromatic heterocycles. The highest BCUT2D eigenvalue weighted by atomic mass is 16.6. The number of carboxylic acid groups (broad SMARTS) is 1. The van der Waals surface area contributed by atoms with Crippen LogP contribution in [-0.2, 0) is 4.74 Å². The molecule has 1 saturated heterocycles. The Hall–Kier alpha value is -0.890. The van der Waals surface area contributed by atoms with Crippen LogP contribution in [0.2, 0.25) is 0 Å². The molecule has 2 aliphatic rings. The second kappa shape index (κ2) is 5.24. The predicted molar refractivity (Wildman–Crippen MR) is 64.4 cm³/mol. The SMILES string of the molecule is C[C@@H]1O[C@@](O)(C2CCCC2)[C@H](NC(=O)O)[C@@H](O)[C@H]1O. The maximum atomic E-state index is 10.8. The van der Waals surface area contributed by atoms with Gasteiger partial charge in [0.15, 0.2) is 5.79 Å². The van der Waals surface area contributed by atoms with E-state index in [2.05, 4.69) is 5.32 Å².